The van der Waals surface area contributed by atoms with Gasteiger partial charge in [-0.2, -0.15) is 0 Å². The summed E-state index contributed by atoms with van der Waals surface area (Å²) in [5, 5.41) is 3.99. The first kappa shape index (κ1) is 14.5. The Morgan fingerprint density at radius 2 is 2.18 bits per heavy atom. The van der Waals surface area contributed by atoms with Crippen molar-refractivity contribution in [1.29, 1.82) is 0 Å². The summed E-state index contributed by atoms with van der Waals surface area (Å²) in [6.45, 7) is 5.43. The molecule has 96 valence electrons. The van der Waals surface area contributed by atoms with Crippen molar-refractivity contribution in [3.63, 3.8) is 0 Å². The van der Waals surface area contributed by atoms with Gasteiger partial charge in [-0.15, -0.1) is 0 Å². The molecule has 1 aromatic rings. The van der Waals surface area contributed by atoms with Gasteiger partial charge < -0.3 is 5.32 Å². The Hall–Kier alpha value is -0.600. The van der Waals surface area contributed by atoms with E-state index < -0.39 is 0 Å². The second-order valence-corrected chi connectivity index (χ2v) is 4.89. The van der Waals surface area contributed by atoms with Crippen molar-refractivity contribution in [2.24, 2.45) is 0 Å². The molecule has 0 aliphatic heterocycles. The summed E-state index contributed by atoms with van der Waals surface area (Å²) in [5.74, 6) is -0.267. The predicted octanol–water partition coefficient (Wildman–Crippen LogP) is 4.19. The molecule has 0 aromatic heterocycles. The molecule has 1 N–H and O–H groups in total. The molecule has 1 nitrogen and oxygen atoms in total. The molecule has 0 aliphatic carbocycles. The molecule has 3 heteroatoms. The minimum atomic E-state index is -0.267. The maximum absolute atomic E-state index is 12.8. The van der Waals surface area contributed by atoms with E-state index in [1.807, 2.05) is 0 Å². The van der Waals surface area contributed by atoms with Crippen molar-refractivity contribution in [3.8, 4) is 0 Å². The smallest absolute Gasteiger partial charge is 0.124 e. The van der Waals surface area contributed by atoms with Crippen LogP contribution in [-0.4, -0.2) is 12.6 Å². The lowest BCUT2D eigenvalue weighted by molar-refractivity contribution is 0.498. The van der Waals surface area contributed by atoms with E-state index in [0.717, 1.165) is 37.8 Å². The number of nitrogens with one attached hydrogen (secondary N) is 1. The molecule has 1 aromatic carbocycles. The standard InChI is InChI=1S/C14H21ClFN/c1-3-9-17-11(2)5-4-6-12-7-8-13(16)10-14(12)15/h7-8,10-11,17H,3-6,9H2,1-2H3. The molecule has 0 saturated carbocycles. The first-order valence-electron chi connectivity index (χ1n) is 6.30. The van der Waals surface area contributed by atoms with Gasteiger partial charge in [0.05, 0.1) is 0 Å². The summed E-state index contributed by atoms with van der Waals surface area (Å²) in [6.07, 6.45) is 4.27. The Bertz CT molecular complexity index is 341. The van der Waals surface area contributed by atoms with Crippen molar-refractivity contribution >= 4 is 11.6 Å². The Morgan fingerprint density at radius 1 is 1.41 bits per heavy atom. The van der Waals surface area contributed by atoms with Gasteiger partial charge in [-0.25, -0.2) is 4.39 Å². The van der Waals surface area contributed by atoms with Crippen LogP contribution in [0.25, 0.3) is 0 Å². The summed E-state index contributed by atoms with van der Waals surface area (Å²) in [6, 6.07) is 5.17. The van der Waals surface area contributed by atoms with Gasteiger partial charge in [0.25, 0.3) is 0 Å². The molecule has 1 unspecified atom stereocenters. The normalized spacial score (nSPS) is 12.7. The quantitative estimate of drug-likeness (QED) is 0.772. The average Bonchev–Trinajstić information content (AvgIpc) is 2.29. The molecular formula is C14H21ClFN. The third-order valence-electron chi connectivity index (χ3n) is 2.84. The Labute approximate surface area is 108 Å². The summed E-state index contributed by atoms with van der Waals surface area (Å²) in [5.41, 5.74) is 1.04. The van der Waals surface area contributed by atoms with E-state index >= 15 is 0 Å². The molecule has 1 atom stereocenters. The van der Waals surface area contributed by atoms with Crippen LogP contribution in [0.5, 0.6) is 0 Å². The highest BCUT2D eigenvalue weighted by Gasteiger charge is 2.04. The van der Waals surface area contributed by atoms with Gasteiger partial charge in [0.15, 0.2) is 0 Å². The SMILES string of the molecule is CCCNC(C)CCCc1ccc(F)cc1Cl. The summed E-state index contributed by atoms with van der Waals surface area (Å²) in [4.78, 5) is 0. The van der Waals surface area contributed by atoms with E-state index in [4.69, 9.17) is 11.6 Å². The predicted molar refractivity (Wildman–Crippen MR) is 72.1 cm³/mol. The second kappa shape index (κ2) is 7.67. The van der Waals surface area contributed by atoms with Crippen LogP contribution in [0.1, 0.15) is 38.7 Å². The van der Waals surface area contributed by atoms with Crippen LogP contribution in [-0.2, 0) is 6.42 Å². The van der Waals surface area contributed by atoms with E-state index in [2.05, 4.69) is 19.2 Å². The Morgan fingerprint density at radius 3 is 2.82 bits per heavy atom. The highest BCUT2D eigenvalue weighted by Crippen LogP contribution is 2.19. The fourth-order valence-electron chi connectivity index (χ4n) is 1.82. The highest BCUT2D eigenvalue weighted by molar-refractivity contribution is 6.31. The van der Waals surface area contributed by atoms with Crippen molar-refractivity contribution in [2.75, 3.05) is 6.54 Å². The number of hydrogen-bond acceptors (Lipinski definition) is 1. The number of hydrogen-bond donors (Lipinski definition) is 1. The van der Waals surface area contributed by atoms with Gasteiger partial charge in [0.2, 0.25) is 0 Å². The zero-order chi connectivity index (χ0) is 12.7. The van der Waals surface area contributed by atoms with Gasteiger partial charge in [-0.1, -0.05) is 24.6 Å². The third-order valence-corrected chi connectivity index (χ3v) is 3.19. The first-order valence-corrected chi connectivity index (χ1v) is 6.68. The van der Waals surface area contributed by atoms with Crippen LogP contribution >= 0.6 is 11.6 Å². The molecular weight excluding hydrogens is 237 g/mol. The van der Waals surface area contributed by atoms with Crippen LogP contribution in [0, 0.1) is 5.82 Å². The molecule has 0 radical (unpaired) electrons. The van der Waals surface area contributed by atoms with Gasteiger partial charge in [0, 0.05) is 11.1 Å². The molecule has 1 rings (SSSR count). The largest absolute Gasteiger partial charge is 0.314 e. The topological polar surface area (TPSA) is 12.0 Å². The number of rotatable bonds is 7. The van der Waals surface area contributed by atoms with Gasteiger partial charge in [0.1, 0.15) is 5.82 Å². The maximum Gasteiger partial charge on any atom is 0.124 e. The Balaban J connectivity index is 2.30. The fraction of sp³-hybridized carbons (Fsp3) is 0.571. The van der Waals surface area contributed by atoms with Crippen LogP contribution in [0.2, 0.25) is 5.02 Å². The molecule has 0 heterocycles. The summed E-state index contributed by atoms with van der Waals surface area (Å²) < 4.78 is 12.8. The zero-order valence-corrected chi connectivity index (χ0v) is 11.4. The number of halogens is 2. The minimum absolute atomic E-state index is 0.267. The highest BCUT2D eigenvalue weighted by atomic mass is 35.5. The summed E-state index contributed by atoms with van der Waals surface area (Å²) in [7, 11) is 0. The zero-order valence-electron chi connectivity index (χ0n) is 10.6. The van der Waals surface area contributed by atoms with Crippen molar-refractivity contribution in [2.45, 2.75) is 45.6 Å². The third kappa shape index (κ3) is 5.51. The maximum atomic E-state index is 12.8. The monoisotopic (exact) mass is 257 g/mol. The van der Waals surface area contributed by atoms with Crippen LogP contribution in [0.3, 0.4) is 0 Å². The lowest BCUT2D eigenvalue weighted by Crippen LogP contribution is -2.26. The summed E-state index contributed by atoms with van der Waals surface area (Å²) >= 11 is 5.97. The lowest BCUT2D eigenvalue weighted by Gasteiger charge is -2.13. The molecule has 17 heavy (non-hydrogen) atoms. The van der Waals surface area contributed by atoms with Gasteiger partial charge >= 0.3 is 0 Å². The van der Waals surface area contributed by atoms with Crippen LogP contribution in [0.4, 0.5) is 4.39 Å². The molecule has 0 saturated heterocycles. The van der Waals surface area contributed by atoms with Gasteiger partial charge in [-0.05, 0) is 56.8 Å². The van der Waals surface area contributed by atoms with E-state index in [1.165, 1.54) is 12.1 Å². The average molecular weight is 258 g/mol. The van der Waals surface area contributed by atoms with E-state index in [1.54, 1.807) is 6.07 Å². The minimum Gasteiger partial charge on any atom is -0.314 e. The fourth-order valence-corrected chi connectivity index (χ4v) is 2.08. The number of aryl methyl sites for hydroxylation is 1. The van der Waals surface area contributed by atoms with Crippen molar-refractivity contribution < 1.29 is 4.39 Å². The van der Waals surface area contributed by atoms with Crippen molar-refractivity contribution in [1.82, 2.24) is 5.32 Å². The van der Waals surface area contributed by atoms with Crippen LogP contribution in [0.15, 0.2) is 18.2 Å². The molecule has 0 bridgehead atoms. The van der Waals surface area contributed by atoms with E-state index in [-0.39, 0.29) is 5.82 Å². The van der Waals surface area contributed by atoms with Gasteiger partial charge in [-0.3, -0.25) is 0 Å². The van der Waals surface area contributed by atoms with Crippen molar-refractivity contribution in [3.05, 3.63) is 34.6 Å². The molecule has 0 aliphatic rings. The molecule has 0 fully saturated rings. The second-order valence-electron chi connectivity index (χ2n) is 4.48. The van der Waals surface area contributed by atoms with E-state index in [0.29, 0.717) is 11.1 Å². The Kier molecular flexibility index (Phi) is 6.53. The molecule has 0 amide bonds. The molecule has 0 spiro atoms. The van der Waals surface area contributed by atoms with Crippen LogP contribution < -0.4 is 5.32 Å². The lowest BCUT2D eigenvalue weighted by atomic mass is 10.1. The number of benzene rings is 1. The van der Waals surface area contributed by atoms with E-state index in [9.17, 15) is 4.39 Å². The first-order chi connectivity index (χ1) is 8.13.